The van der Waals surface area contributed by atoms with Gasteiger partial charge in [-0.2, -0.15) is 0 Å². The van der Waals surface area contributed by atoms with Crippen molar-refractivity contribution in [3.8, 4) is 5.75 Å². The lowest BCUT2D eigenvalue weighted by Crippen LogP contribution is -2.42. The summed E-state index contributed by atoms with van der Waals surface area (Å²) >= 11 is 0. The smallest absolute Gasteiger partial charge is 0.139 e. The highest BCUT2D eigenvalue weighted by Crippen LogP contribution is 2.59. The third-order valence-electron chi connectivity index (χ3n) is 7.76. The van der Waals surface area contributed by atoms with Crippen LogP contribution in [0.4, 0.5) is 4.39 Å². The maximum absolute atomic E-state index is 13.8. The van der Waals surface area contributed by atoms with Crippen molar-refractivity contribution >= 4 is 5.78 Å². The van der Waals surface area contributed by atoms with Gasteiger partial charge in [-0.05, 0) is 79.2 Å². The standard InChI is InChI=1S/C25H27FO2/c1-25-13-12-20-19-9-7-18(28-15-17-4-2-3-5-23(17)26)14-16(19)6-8-21(20)22(25)10-11-24(25)27/h2-5,7,9,14,20-22H,6,8,10-13,15H2,1H3/t20-,21+,22-,25+/m1/s1. The zero-order valence-corrected chi connectivity index (χ0v) is 16.4. The number of carbonyl (C=O) groups excluding carboxylic acids is 1. The first-order valence-electron chi connectivity index (χ1n) is 10.6. The summed E-state index contributed by atoms with van der Waals surface area (Å²) in [4.78, 5) is 12.5. The molecule has 146 valence electrons. The topological polar surface area (TPSA) is 26.3 Å². The van der Waals surface area contributed by atoms with Gasteiger partial charge in [0.1, 0.15) is 24.0 Å². The zero-order chi connectivity index (χ0) is 19.3. The average molecular weight is 378 g/mol. The van der Waals surface area contributed by atoms with Crippen LogP contribution in [0, 0.1) is 23.1 Å². The summed E-state index contributed by atoms with van der Waals surface area (Å²) in [5.41, 5.74) is 3.34. The summed E-state index contributed by atoms with van der Waals surface area (Å²) in [6.07, 6.45) is 6.22. The van der Waals surface area contributed by atoms with Crippen molar-refractivity contribution in [2.45, 2.75) is 58.0 Å². The van der Waals surface area contributed by atoms with E-state index in [1.165, 1.54) is 23.6 Å². The highest BCUT2D eigenvalue weighted by atomic mass is 19.1. The Labute approximate surface area is 166 Å². The van der Waals surface area contributed by atoms with E-state index in [0.717, 1.165) is 37.9 Å². The molecule has 4 atom stereocenters. The number of ketones is 1. The summed E-state index contributed by atoms with van der Waals surface area (Å²) in [6, 6.07) is 13.2. The van der Waals surface area contributed by atoms with E-state index in [-0.39, 0.29) is 17.8 Å². The molecule has 0 aliphatic heterocycles. The van der Waals surface area contributed by atoms with Gasteiger partial charge in [0.2, 0.25) is 0 Å². The quantitative estimate of drug-likeness (QED) is 0.672. The molecule has 3 aliphatic rings. The summed E-state index contributed by atoms with van der Waals surface area (Å²) in [5.74, 6) is 2.87. The van der Waals surface area contributed by atoms with Gasteiger partial charge in [0.25, 0.3) is 0 Å². The normalized spacial score (nSPS) is 31.1. The summed E-state index contributed by atoms with van der Waals surface area (Å²) in [6.45, 7) is 2.47. The second kappa shape index (κ2) is 6.72. The minimum Gasteiger partial charge on any atom is -0.489 e. The molecule has 0 aromatic heterocycles. The number of hydrogen-bond acceptors (Lipinski definition) is 2. The summed E-state index contributed by atoms with van der Waals surface area (Å²) < 4.78 is 19.7. The van der Waals surface area contributed by atoms with Gasteiger partial charge < -0.3 is 4.74 Å². The van der Waals surface area contributed by atoms with E-state index < -0.39 is 0 Å². The van der Waals surface area contributed by atoms with Crippen LogP contribution >= 0.6 is 0 Å². The Balaban J connectivity index is 1.35. The molecular formula is C25H27FO2. The SMILES string of the molecule is C[C@]12CC[C@@H]3c4ccc(OCc5ccccc5F)cc4CC[C@@H]3[C@H]1CCC2=O. The highest BCUT2D eigenvalue weighted by Gasteiger charge is 2.54. The molecule has 0 heterocycles. The van der Waals surface area contributed by atoms with Crippen LogP contribution in [0.15, 0.2) is 42.5 Å². The molecule has 2 aromatic carbocycles. The summed E-state index contributed by atoms with van der Waals surface area (Å²) in [5, 5.41) is 0. The maximum atomic E-state index is 13.8. The fourth-order valence-electron chi connectivity index (χ4n) is 6.20. The van der Waals surface area contributed by atoms with Crippen molar-refractivity contribution in [1.29, 1.82) is 0 Å². The van der Waals surface area contributed by atoms with Crippen LogP contribution in [-0.4, -0.2) is 5.78 Å². The number of benzene rings is 2. The Morgan fingerprint density at radius 2 is 1.96 bits per heavy atom. The van der Waals surface area contributed by atoms with E-state index in [4.69, 9.17) is 4.74 Å². The highest BCUT2D eigenvalue weighted by molar-refractivity contribution is 5.87. The molecule has 2 saturated carbocycles. The van der Waals surface area contributed by atoms with E-state index in [0.29, 0.717) is 29.1 Å². The second-order valence-corrected chi connectivity index (χ2v) is 9.07. The van der Waals surface area contributed by atoms with Crippen molar-refractivity contribution in [3.63, 3.8) is 0 Å². The molecule has 0 N–H and O–H groups in total. The minimum absolute atomic E-state index is 0.0680. The number of carbonyl (C=O) groups is 1. The van der Waals surface area contributed by atoms with Crippen LogP contribution in [0.2, 0.25) is 0 Å². The lowest BCUT2D eigenvalue weighted by molar-refractivity contribution is -0.129. The van der Waals surface area contributed by atoms with Crippen molar-refractivity contribution in [1.82, 2.24) is 0 Å². The molecule has 2 fully saturated rings. The van der Waals surface area contributed by atoms with E-state index in [2.05, 4.69) is 19.1 Å². The molecule has 2 aromatic rings. The molecule has 3 aliphatic carbocycles. The fourth-order valence-corrected chi connectivity index (χ4v) is 6.20. The van der Waals surface area contributed by atoms with Gasteiger partial charge in [0.05, 0.1) is 0 Å². The van der Waals surface area contributed by atoms with Gasteiger partial charge in [0.15, 0.2) is 0 Å². The van der Waals surface area contributed by atoms with Crippen LogP contribution in [0.1, 0.15) is 61.6 Å². The molecule has 0 radical (unpaired) electrons. The van der Waals surface area contributed by atoms with Gasteiger partial charge in [-0.1, -0.05) is 31.2 Å². The number of halogens is 1. The number of Topliss-reactive ketones (excluding diaryl/α,β-unsaturated/α-hetero) is 1. The predicted octanol–water partition coefficient (Wildman–Crippen LogP) is 5.83. The molecule has 2 nitrogen and oxygen atoms in total. The van der Waals surface area contributed by atoms with Crippen molar-refractivity contribution in [2.24, 2.45) is 17.3 Å². The van der Waals surface area contributed by atoms with E-state index in [9.17, 15) is 9.18 Å². The number of ether oxygens (including phenoxy) is 1. The van der Waals surface area contributed by atoms with Gasteiger partial charge in [-0.15, -0.1) is 0 Å². The largest absolute Gasteiger partial charge is 0.489 e. The number of fused-ring (bicyclic) bond motifs is 5. The lowest BCUT2D eigenvalue weighted by Gasteiger charge is -2.48. The molecule has 0 amide bonds. The van der Waals surface area contributed by atoms with Gasteiger partial charge in [0, 0.05) is 17.4 Å². The minimum atomic E-state index is -0.223. The van der Waals surface area contributed by atoms with Crippen molar-refractivity contribution in [2.75, 3.05) is 0 Å². The first kappa shape index (κ1) is 17.9. The monoisotopic (exact) mass is 378 g/mol. The lowest BCUT2D eigenvalue weighted by atomic mass is 9.55. The zero-order valence-electron chi connectivity index (χ0n) is 16.4. The first-order valence-corrected chi connectivity index (χ1v) is 10.6. The molecule has 0 spiro atoms. The molecule has 0 saturated heterocycles. The number of rotatable bonds is 3. The molecular weight excluding hydrogens is 351 g/mol. The van der Waals surface area contributed by atoms with Crippen molar-refractivity contribution < 1.29 is 13.9 Å². The molecule has 0 unspecified atom stereocenters. The Morgan fingerprint density at radius 3 is 2.82 bits per heavy atom. The average Bonchev–Trinajstić information content (AvgIpc) is 3.02. The van der Waals surface area contributed by atoms with Gasteiger partial charge in [-0.25, -0.2) is 4.39 Å². The summed E-state index contributed by atoms with van der Waals surface area (Å²) in [7, 11) is 0. The van der Waals surface area contributed by atoms with Crippen LogP contribution in [0.5, 0.6) is 5.75 Å². The van der Waals surface area contributed by atoms with Crippen LogP contribution in [-0.2, 0) is 17.8 Å². The predicted molar refractivity (Wildman–Crippen MR) is 107 cm³/mol. The van der Waals surface area contributed by atoms with E-state index in [1.54, 1.807) is 12.1 Å². The van der Waals surface area contributed by atoms with Crippen LogP contribution in [0.3, 0.4) is 0 Å². The number of hydrogen-bond donors (Lipinski definition) is 0. The van der Waals surface area contributed by atoms with E-state index in [1.807, 2.05) is 12.1 Å². The number of aryl methyl sites for hydroxylation is 1. The van der Waals surface area contributed by atoms with Gasteiger partial charge >= 0.3 is 0 Å². The third kappa shape index (κ3) is 2.78. The molecule has 5 rings (SSSR count). The fraction of sp³-hybridized carbons (Fsp3) is 0.480. The maximum Gasteiger partial charge on any atom is 0.139 e. The third-order valence-corrected chi connectivity index (χ3v) is 7.76. The molecule has 0 bridgehead atoms. The Kier molecular flexibility index (Phi) is 4.30. The molecule has 28 heavy (non-hydrogen) atoms. The first-order chi connectivity index (χ1) is 13.6. The Morgan fingerprint density at radius 1 is 1.11 bits per heavy atom. The van der Waals surface area contributed by atoms with Crippen LogP contribution in [0.25, 0.3) is 0 Å². The Bertz CT molecular complexity index is 921. The van der Waals surface area contributed by atoms with E-state index >= 15 is 0 Å². The van der Waals surface area contributed by atoms with Gasteiger partial charge in [-0.3, -0.25) is 4.79 Å². The second-order valence-electron chi connectivity index (χ2n) is 9.07. The molecule has 3 heteroatoms. The Hall–Kier alpha value is -2.16. The van der Waals surface area contributed by atoms with Crippen LogP contribution < -0.4 is 4.74 Å². The van der Waals surface area contributed by atoms with Crippen molar-refractivity contribution in [3.05, 3.63) is 65.0 Å².